The molecule has 5 rings (SSSR count). The van der Waals surface area contributed by atoms with Crippen molar-refractivity contribution in [2.75, 3.05) is 18.4 Å². The molecule has 0 amide bonds. The quantitative estimate of drug-likeness (QED) is 0.131. The zero-order valence-corrected chi connectivity index (χ0v) is 20.2. The number of rotatable bonds is 9. The lowest BCUT2D eigenvalue weighted by atomic mass is 10.0. The van der Waals surface area contributed by atoms with Gasteiger partial charge in [-0.25, -0.2) is 0 Å². The van der Waals surface area contributed by atoms with E-state index in [1.165, 1.54) is 6.07 Å². The van der Waals surface area contributed by atoms with Gasteiger partial charge in [0.2, 0.25) is 0 Å². The van der Waals surface area contributed by atoms with Crippen LogP contribution in [0.2, 0.25) is 0 Å². The Morgan fingerprint density at radius 2 is 1.81 bits per heavy atom. The lowest BCUT2D eigenvalue weighted by Crippen LogP contribution is -2.31. The van der Waals surface area contributed by atoms with Crippen LogP contribution in [0.1, 0.15) is 30.0 Å². The largest absolute Gasteiger partial charge is 0.459 e. The summed E-state index contributed by atoms with van der Waals surface area (Å²) in [7, 11) is 0. The minimum atomic E-state index is -0.396. The number of nitro benzene ring substituents is 1. The second kappa shape index (κ2) is 10.6. The summed E-state index contributed by atoms with van der Waals surface area (Å²) in [5.74, 6) is 1.11. The van der Waals surface area contributed by atoms with Gasteiger partial charge in [0, 0.05) is 31.0 Å². The van der Waals surface area contributed by atoms with Crippen molar-refractivity contribution in [3.05, 3.63) is 113 Å². The Kier molecular flexibility index (Phi) is 6.90. The number of benzene rings is 2. The molecule has 1 aliphatic rings. The highest BCUT2D eigenvalue weighted by atomic mass is 32.1. The van der Waals surface area contributed by atoms with Crippen molar-refractivity contribution in [3.63, 3.8) is 0 Å². The molecule has 2 aromatic heterocycles. The maximum Gasteiger partial charge on any atom is 0.280 e. The SMILES string of the molecule is O=[N+]([O-])c1ccccc1-c1ccc([C@@H]2[C@@H](c3ccccn3)NC(=S)N2CCCNc2ccccc2)o1. The Bertz CT molecular complexity index is 1350. The molecule has 3 heterocycles. The molecule has 0 bridgehead atoms. The summed E-state index contributed by atoms with van der Waals surface area (Å²) in [6, 6.07) is 25.6. The zero-order chi connectivity index (χ0) is 24.9. The maximum absolute atomic E-state index is 11.6. The van der Waals surface area contributed by atoms with E-state index in [1.54, 1.807) is 30.5 Å². The minimum Gasteiger partial charge on any atom is -0.459 e. The van der Waals surface area contributed by atoms with Gasteiger partial charge in [-0.05, 0) is 61.1 Å². The number of hydrogen-bond acceptors (Lipinski definition) is 6. The standard InChI is InChI=1S/C27H25N5O3S/c33-32(34)22-13-5-4-11-20(22)23-14-15-24(35-23)26-25(21-12-6-7-16-29-21)30-27(36)31(26)18-8-17-28-19-9-2-1-3-10-19/h1-7,9-16,25-26,28H,8,17-18H2,(H,30,36)/t25-,26-/m1/s1. The first kappa shape index (κ1) is 23.5. The molecule has 0 saturated carbocycles. The van der Waals surface area contributed by atoms with Crippen LogP contribution in [0.3, 0.4) is 0 Å². The van der Waals surface area contributed by atoms with Gasteiger partial charge in [-0.3, -0.25) is 15.1 Å². The third kappa shape index (κ3) is 4.92. The summed E-state index contributed by atoms with van der Waals surface area (Å²) in [6.07, 6.45) is 2.60. The highest BCUT2D eigenvalue weighted by Gasteiger charge is 2.41. The van der Waals surface area contributed by atoms with Crippen LogP contribution in [0.5, 0.6) is 0 Å². The fourth-order valence-electron chi connectivity index (χ4n) is 4.49. The molecule has 1 aliphatic heterocycles. The monoisotopic (exact) mass is 499 g/mol. The lowest BCUT2D eigenvalue weighted by Gasteiger charge is -2.26. The van der Waals surface area contributed by atoms with Crippen LogP contribution in [-0.4, -0.2) is 33.0 Å². The van der Waals surface area contributed by atoms with E-state index in [9.17, 15) is 10.1 Å². The van der Waals surface area contributed by atoms with E-state index in [0.29, 0.717) is 28.7 Å². The van der Waals surface area contributed by atoms with Crippen molar-refractivity contribution in [1.29, 1.82) is 0 Å². The van der Waals surface area contributed by atoms with Gasteiger partial charge in [0.15, 0.2) is 5.11 Å². The molecule has 182 valence electrons. The Balaban J connectivity index is 1.41. The molecule has 2 N–H and O–H groups in total. The predicted molar refractivity (Wildman–Crippen MR) is 143 cm³/mol. The van der Waals surface area contributed by atoms with Crippen molar-refractivity contribution >= 4 is 28.7 Å². The van der Waals surface area contributed by atoms with Gasteiger partial charge < -0.3 is 20.0 Å². The smallest absolute Gasteiger partial charge is 0.280 e. The molecule has 36 heavy (non-hydrogen) atoms. The first-order valence-corrected chi connectivity index (χ1v) is 12.1. The molecule has 4 aromatic rings. The number of thiocarbonyl (C=S) groups is 1. The number of hydrogen-bond donors (Lipinski definition) is 2. The van der Waals surface area contributed by atoms with E-state index in [4.69, 9.17) is 16.6 Å². The Morgan fingerprint density at radius 1 is 1.03 bits per heavy atom. The highest BCUT2D eigenvalue weighted by Crippen LogP contribution is 2.41. The molecule has 2 atom stereocenters. The lowest BCUT2D eigenvalue weighted by molar-refractivity contribution is -0.384. The molecule has 2 aromatic carbocycles. The van der Waals surface area contributed by atoms with Crippen LogP contribution < -0.4 is 10.6 Å². The van der Waals surface area contributed by atoms with Crippen molar-refractivity contribution < 1.29 is 9.34 Å². The van der Waals surface area contributed by atoms with E-state index in [2.05, 4.69) is 20.5 Å². The van der Waals surface area contributed by atoms with Crippen LogP contribution in [0.25, 0.3) is 11.3 Å². The molecule has 0 radical (unpaired) electrons. The van der Waals surface area contributed by atoms with Crippen LogP contribution in [0.15, 0.2) is 95.5 Å². The second-order valence-electron chi connectivity index (χ2n) is 8.44. The zero-order valence-electron chi connectivity index (χ0n) is 19.4. The van der Waals surface area contributed by atoms with E-state index in [0.717, 1.165) is 24.3 Å². The van der Waals surface area contributed by atoms with E-state index in [-0.39, 0.29) is 17.8 Å². The maximum atomic E-state index is 11.6. The molecule has 8 nitrogen and oxygen atoms in total. The normalized spacial score (nSPS) is 17.1. The molecule has 0 spiro atoms. The summed E-state index contributed by atoms with van der Waals surface area (Å²) < 4.78 is 6.26. The van der Waals surface area contributed by atoms with E-state index < -0.39 is 4.92 Å². The number of aromatic nitrogens is 1. The average molecular weight is 500 g/mol. The number of furan rings is 1. The van der Waals surface area contributed by atoms with Crippen LogP contribution in [-0.2, 0) is 0 Å². The van der Waals surface area contributed by atoms with Gasteiger partial charge >= 0.3 is 0 Å². The molecular weight excluding hydrogens is 474 g/mol. The van der Waals surface area contributed by atoms with Crippen LogP contribution in [0, 0.1) is 10.1 Å². The van der Waals surface area contributed by atoms with Gasteiger partial charge in [0.05, 0.1) is 22.2 Å². The van der Waals surface area contributed by atoms with Crippen molar-refractivity contribution in [3.8, 4) is 11.3 Å². The fraction of sp³-hybridized carbons (Fsp3) is 0.185. The summed E-state index contributed by atoms with van der Waals surface area (Å²) in [6.45, 7) is 1.48. The Hall–Kier alpha value is -4.24. The van der Waals surface area contributed by atoms with Crippen LogP contribution in [0.4, 0.5) is 11.4 Å². The number of nitrogens with one attached hydrogen (secondary N) is 2. The van der Waals surface area contributed by atoms with Crippen molar-refractivity contribution in [2.24, 2.45) is 0 Å². The van der Waals surface area contributed by atoms with Crippen LogP contribution >= 0.6 is 12.2 Å². The number of para-hydroxylation sites is 2. The highest BCUT2D eigenvalue weighted by molar-refractivity contribution is 7.80. The Labute approximate surface area is 214 Å². The number of pyridine rings is 1. The molecule has 9 heteroatoms. The molecule has 0 unspecified atom stereocenters. The first-order chi connectivity index (χ1) is 17.6. The number of nitro groups is 1. The predicted octanol–water partition coefficient (Wildman–Crippen LogP) is 5.72. The summed E-state index contributed by atoms with van der Waals surface area (Å²) >= 11 is 5.73. The summed E-state index contributed by atoms with van der Waals surface area (Å²) in [5.41, 5.74) is 2.36. The molecule has 1 saturated heterocycles. The molecule has 1 fully saturated rings. The molecular formula is C27H25N5O3S. The fourth-order valence-corrected chi connectivity index (χ4v) is 4.82. The summed E-state index contributed by atoms with van der Waals surface area (Å²) in [4.78, 5) is 17.8. The van der Waals surface area contributed by atoms with E-state index >= 15 is 0 Å². The first-order valence-electron chi connectivity index (χ1n) is 11.7. The summed E-state index contributed by atoms with van der Waals surface area (Å²) in [5, 5.41) is 19.0. The number of nitrogens with zero attached hydrogens (tertiary/aromatic N) is 3. The Morgan fingerprint density at radius 3 is 2.58 bits per heavy atom. The van der Waals surface area contributed by atoms with Gasteiger partial charge in [-0.15, -0.1) is 0 Å². The second-order valence-corrected chi connectivity index (χ2v) is 8.83. The third-order valence-corrected chi connectivity index (χ3v) is 6.51. The van der Waals surface area contributed by atoms with Gasteiger partial charge in [0.1, 0.15) is 17.6 Å². The van der Waals surface area contributed by atoms with E-state index in [1.807, 2.05) is 54.6 Å². The minimum absolute atomic E-state index is 0.00332. The van der Waals surface area contributed by atoms with Gasteiger partial charge in [-0.1, -0.05) is 36.4 Å². The molecule has 0 aliphatic carbocycles. The van der Waals surface area contributed by atoms with Crippen molar-refractivity contribution in [2.45, 2.75) is 18.5 Å². The average Bonchev–Trinajstić information content (AvgIpc) is 3.52. The van der Waals surface area contributed by atoms with Gasteiger partial charge in [-0.2, -0.15) is 0 Å². The van der Waals surface area contributed by atoms with Crippen molar-refractivity contribution in [1.82, 2.24) is 15.2 Å². The van der Waals surface area contributed by atoms with Gasteiger partial charge in [0.25, 0.3) is 5.69 Å². The third-order valence-electron chi connectivity index (χ3n) is 6.16. The topological polar surface area (TPSA) is 96.5 Å². The number of anilines is 1.